The fourth-order valence-corrected chi connectivity index (χ4v) is 2.75. The van der Waals surface area contributed by atoms with Crippen LogP contribution in [-0.4, -0.2) is 31.5 Å². The second-order valence-corrected chi connectivity index (χ2v) is 6.81. The third kappa shape index (κ3) is 7.51. The molecule has 150 valence electrons. The van der Waals surface area contributed by atoms with Gasteiger partial charge in [0.2, 0.25) is 5.91 Å². The standard InChI is InChI=1S/C19H20BrF2N3O3/c1-12-7-14(20)5-6-16(12)25-18(26)10-24-19(27)23-9-13-3-2-4-15(8-13)28-11-17(21)22/h2-8,17H,9-11H2,1H3,(H,25,26)(H2,23,24,27). The molecule has 0 aliphatic rings. The largest absolute Gasteiger partial charge is 0.488 e. The van der Waals surface area contributed by atoms with Gasteiger partial charge in [0.25, 0.3) is 6.43 Å². The van der Waals surface area contributed by atoms with Crippen molar-refractivity contribution in [3.8, 4) is 5.75 Å². The molecule has 0 bridgehead atoms. The monoisotopic (exact) mass is 455 g/mol. The number of halogens is 3. The van der Waals surface area contributed by atoms with Crippen molar-refractivity contribution >= 4 is 33.6 Å². The highest BCUT2D eigenvalue weighted by atomic mass is 79.9. The number of ether oxygens (including phenoxy) is 1. The van der Waals surface area contributed by atoms with Gasteiger partial charge in [0.1, 0.15) is 12.4 Å². The zero-order chi connectivity index (χ0) is 20.5. The summed E-state index contributed by atoms with van der Waals surface area (Å²) in [6.07, 6.45) is -2.56. The lowest BCUT2D eigenvalue weighted by Crippen LogP contribution is -2.39. The van der Waals surface area contributed by atoms with Gasteiger partial charge in [0, 0.05) is 16.7 Å². The zero-order valence-corrected chi connectivity index (χ0v) is 16.7. The van der Waals surface area contributed by atoms with E-state index in [9.17, 15) is 18.4 Å². The Hall–Kier alpha value is -2.68. The molecule has 2 rings (SSSR count). The molecule has 3 N–H and O–H groups in total. The first-order valence-electron chi connectivity index (χ1n) is 8.41. The fourth-order valence-electron chi connectivity index (χ4n) is 2.27. The molecule has 9 heteroatoms. The Bertz CT molecular complexity index is 834. The molecular weight excluding hydrogens is 436 g/mol. The lowest BCUT2D eigenvalue weighted by Gasteiger charge is -2.11. The van der Waals surface area contributed by atoms with Crippen LogP contribution in [0.15, 0.2) is 46.9 Å². The maximum atomic E-state index is 12.2. The molecule has 0 radical (unpaired) electrons. The average Bonchev–Trinajstić information content (AvgIpc) is 2.65. The van der Waals surface area contributed by atoms with Crippen LogP contribution in [0.2, 0.25) is 0 Å². The summed E-state index contributed by atoms with van der Waals surface area (Å²) in [7, 11) is 0. The molecule has 0 spiro atoms. The molecule has 0 saturated heterocycles. The number of urea groups is 1. The van der Waals surface area contributed by atoms with Crippen LogP contribution in [0.5, 0.6) is 5.75 Å². The number of aryl methyl sites for hydroxylation is 1. The molecule has 0 heterocycles. The lowest BCUT2D eigenvalue weighted by molar-refractivity contribution is -0.115. The number of hydrogen-bond acceptors (Lipinski definition) is 3. The van der Waals surface area contributed by atoms with E-state index in [2.05, 4.69) is 31.9 Å². The molecule has 2 aromatic carbocycles. The van der Waals surface area contributed by atoms with E-state index in [1.165, 1.54) is 0 Å². The van der Waals surface area contributed by atoms with Gasteiger partial charge in [-0.05, 0) is 48.4 Å². The van der Waals surface area contributed by atoms with Crippen LogP contribution in [0.25, 0.3) is 0 Å². The first-order valence-corrected chi connectivity index (χ1v) is 9.20. The zero-order valence-electron chi connectivity index (χ0n) is 15.1. The fraction of sp³-hybridized carbons (Fsp3) is 0.263. The summed E-state index contributed by atoms with van der Waals surface area (Å²) >= 11 is 3.35. The van der Waals surface area contributed by atoms with Crippen molar-refractivity contribution in [3.05, 3.63) is 58.1 Å². The summed E-state index contributed by atoms with van der Waals surface area (Å²) in [4.78, 5) is 23.8. The minimum atomic E-state index is -2.56. The predicted octanol–water partition coefficient (Wildman–Crippen LogP) is 3.84. The van der Waals surface area contributed by atoms with Crippen LogP contribution in [0, 0.1) is 6.92 Å². The molecule has 28 heavy (non-hydrogen) atoms. The molecule has 0 aliphatic carbocycles. The molecule has 6 nitrogen and oxygen atoms in total. The van der Waals surface area contributed by atoms with E-state index in [0.717, 1.165) is 10.0 Å². The van der Waals surface area contributed by atoms with Gasteiger partial charge in [-0.2, -0.15) is 0 Å². The van der Waals surface area contributed by atoms with Gasteiger partial charge in [0.05, 0.1) is 6.54 Å². The summed E-state index contributed by atoms with van der Waals surface area (Å²) in [5, 5.41) is 7.76. The van der Waals surface area contributed by atoms with Crippen molar-refractivity contribution in [3.63, 3.8) is 0 Å². The third-order valence-corrected chi connectivity index (χ3v) is 4.09. The number of rotatable bonds is 8. The Morgan fingerprint density at radius 2 is 1.93 bits per heavy atom. The highest BCUT2D eigenvalue weighted by Crippen LogP contribution is 2.19. The Labute approximate surface area is 169 Å². The van der Waals surface area contributed by atoms with Crippen molar-refractivity contribution in [2.24, 2.45) is 0 Å². The van der Waals surface area contributed by atoms with Gasteiger partial charge < -0.3 is 20.7 Å². The summed E-state index contributed by atoms with van der Waals surface area (Å²) in [5.74, 6) is -0.0628. The number of hydrogen-bond donors (Lipinski definition) is 3. The second-order valence-electron chi connectivity index (χ2n) is 5.89. The molecule has 3 amide bonds. The van der Waals surface area contributed by atoms with Crippen LogP contribution in [0.4, 0.5) is 19.3 Å². The van der Waals surface area contributed by atoms with Crippen LogP contribution in [-0.2, 0) is 11.3 Å². The smallest absolute Gasteiger partial charge is 0.315 e. The molecule has 0 aliphatic heterocycles. The Kier molecular flexibility index (Phi) is 8.19. The first kappa shape index (κ1) is 21.6. The number of carbonyl (C=O) groups excluding carboxylic acids is 2. The van der Waals surface area contributed by atoms with Crippen molar-refractivity contribution < 1.29 is 23.1 Å². The first-order chi connectivity index (χ1) is 13.3. The maximum absolute atomic E-state index is 12.2. The third-order valence-electron chi connectivity index (χ3n) is 3.60. The van der Waals surface area contributed by atoms with E-state index in [0.29, 0.717) is 17.0 Å². The Balaban J connectivity index is 1.75. The molecule has 2 aromatic rings. The van der Waals surface area contributed by atoms with Crippen LogP contribution in [0.3, 0.4) is 0 Å². The van der Waals surface area contributed by atoms with Gasteiger partial charge in [0.15, 0.2) is 0 Å². The SMILES string of the molecule is Cc1cc(Br)ccc1NC(=O)CNC(=O)NCc1cccc(OCC(F)F)c1. The summed E-state index contributed by atoms with van der Waals surface area (Å²) in [6, 6.07) is 11.4. The van der Waals surface area contributed by atoms with E-state index in [1.807, 2.05) is 19.1 Å². The van der Waals surface area contributed by atoms with Crippen LogP contribution in [0.1, 0.15) is 11.1 Å². The number of nitrogens with one attached hydrogen (secondary N) is 3. The summed E-state index contributed by atoms with van der Waals surface area (Å²) in [6.45, 7) is 1.13. The molecule has 0 unspecified atom stereocenters. The maximum Gasteiger partial charge on any atom is 0.315 e. The van der Waals surface area contributed by atoms with Crippen molar-refractivity contribution in [2.45, 2.75) is 19.9 Å². The average molecular weight is 456 g/mol. The van der Waals surface area contributed by atoms with Crippen LogP contribution < -0.4 is 20.7 Å². The Morgan fingerprint density at radius 1 is 1.14 bits per heavy atom. The van der Waals surface area contributed by atoms with Crippen LogP contribution >= 0.6 is 15.9 Å². The number of carbonyl (C=O) groups is 2. The lowest BCUT2D eigenvalue weighted by atomic mass is 10.2. The van der Waals surface area contributed by atoms with E-state index < -0.39 is 19.1 Å². The molecular formula is C19H20BrF2N3O3. The van der Waals surface area contributed by atoms with Gasteiger partial charge in [-0.1, -0.05) is 28.1 Å². The Morgan fingerprint density at radius 3 is 2.64 bits per heavy atom. The van der Waals surface area contributed by atoms with Gasteiger partial charge in [-0.15, -0.1) is 0 Å². The predicted molar refractivity (Wildman–Crippen MR) is 106 cm³/mol. The molecule has 0 aromatic heterocycles. The summed E-state index contributed by atoms with van der Waals surface area (Å²) < 4.78 is 30.2. The molecule has 0 saturated carbocycles. The van der Waals surface area contributed by atoms with Crippen molar-refractivity contribution in [1.82, 2.24) is 10.6 Å². The highest BCUT2D eigenvalue weighted by molar-refractivity contribution is 9.10. The van der Waals surface area contributed by atoms with Crippen molar-refractivity contribution in [2.75, 3.05) is 18.5 Å². The van der Waals surface area contributed by atoms with E-state index >= 15 is 0 Å². The highest BCUT2D eigenvalue weighted by Gasteiger charge is 2.08. The topological polar surface area (TPSA) is 79.5 Å². The molecule has 0 atom stereocenters. The number of alkyl halides is 2. The minimum Gasteiger partial charge on any atom is -0.488 e. The summed E-state index contributed by atoms with van der Waals surface area (Å²) in [5.41, 5.74) is 2.23. The number of anilines is 1. The second kappa shape index (κ2) is 10.6. The van der Waals surface area contributed by atoms with Gasteiger partial charge in [-0.3, -0.25) is 4.79 Å². The number of benzene rings is 2. The van der Waals surface area contributed by atoms with Crippen molar-refractivity contribution in [1.29, 1.82) is 0 Å². The quantitative estimate of drug-likeness (QED) is 0.565. The van der Waals surface area contributed by atoms with Gasteiger partial charge in [-0.25, -0.2) is 13.6 Å². The normalized spacial score (nSPS) is 10.5. The van der Waals surface area contributed by atoms with Gasteiger partial charge >= 0.3 is 6.03 Å². The van der Waals surface area contributed by atoms with E-state index in [-0.39, 0.29) is 19.0 Å². The minimum absolute atomic E-state index is 0.158. The van der Waals surface area contributed by atoms with E-state index in [1.54, 1.807) is 30.3 Å². The van der Waals surface area contributed by atoms with E-state index in [4.69, 9.17) is 4.74 Å². The molecule has 0 fully saturated rings. The number of amides is 3.